The van der Waals surface area contributed by atoms with Crippen LogP contribution in [-0.2, 0) is 30.9 Å². The zero-order valence-corrected chi connectivity index (χ0v) is 27.7. The van der Waals surface area contributed by atoms with E-state index in [1.807, 2.05) is 0 Å². The molecule has 0 atom stereocenters. The molecule has 0 spiro atoms. The van der Waals surface area contributed by atoms with E-state index in [9.17, 15) is 65.9 Å². The zero-order chi connectivity index (χ0) is 37.9. The third kappa shape index (κ3) is 6.57. The van der Waals surface area contributed by atoms with Crippen LogP contribution in [0.1, 0.15) is 27.8 Å². The normalized spacial score (nSPS) is 14.2. The third-order valence-corrected chi connectivity index (χ3v) is 27.5. The molecule has 16 heteroatoms. The summed E-state index contributed by atoms with van der Waals surface area (Å²) in [5.41, 5.74) is -6.18. The van der Waals surface area contributed by atoms with Crippen molar-refractivity contribution >= 4 is 34.9 Å². The number of hydrogen-bond acceptors (Lipinski definition) is 0. The maximum atomic E-state index is 13.8. The van der Waals surface area contributed by atoms with Crippen LogP contribution in [0.25, 0.3) is 0 Å². The number of alkyl halides is 15. The molecule has 0 saturated heterocycles. The number of rotatable bonds is 5. The summed E-state index contributed by atoms with van der Waals surface area (Å²) in [6.45, 7) is 0. The van der Waals surface area contributed by atoms with E-state index >= 15 is 0 Å². The van der Waals surface area contributed by atoms with Crippen molar-refractivity contribution in [3.8, 4) is 0 Å². The minimum absolute atomic E-state index is 0.185. The van der Waals surface area contributed by atoms with Gasteiger partial charge in [0.1, 0.15) is 0 Å². The van der Waals surface area contributed by atoms with E-state index in [4.69, 9.17) is 0 Å². The van der Waals surface area contributed by atoms with E-state index in [1.54, 1.807) is 0 Å². The Labute approximate surface area is 280 Å². The van der Waals surface area contributed by atoms with Gasteiger partial charge in [-0.25, -0.2) is 0 Å². The zero-order valence-electron chi connectivity index (χ0n) is 25.2. The van der Waals surface area contributed by atoms with E-state index in [1.165, 1.54) is 0 Å². The van der Waals surface area contributed by atoms with E-state index in [0.717, 1.165) is 60.7 Å². The van der Waals surface area contributed by atoms with Crippen LogP contribution in [0.2, 0.25) is 0 Å². The molecule has 0 aromatic heterocycles. The third-order valence-electron chi connectivity index (χ3n) is 8.56. The van der Waals surface area contributed by atoms with Crippen molar-refractivity contribution in [2.75, 3.05) is 0 Å². The van der Waals surface area contributed by atoms with Crippen LogP contribution in [0, 0.1) is 0 Å². The Kier molecular flexibility index (Phi) is 9.34. The molecule has 0 amide bonds. The van der Waals surface area contributed by atoms with Crippen LogP contribution in [-0.4, -0.2) is 16.8 Å². The molecule has 5 rings (SSSR count). The fourth-order valence-electron chi connectivity index (χ4n) is 6.23. The maximum absolute atomic E-state index is 13.8. The molecule has 0 unspecified atom stereocenters. The van der Waals surface area contributed by atoms with Crippen molar-refractivity contribution in [1.82, 2.24) is 0 Å². The number of hydrogen-bond donors (Lipinski definition) is 0. The van der Waals surface area contributed by atoms with Crippen LogP contribution in [0.3, 0.4) is 0 Å². The van der Waals surface area contributed by atoms with Crippen molar-refractivity contribution in [1.29, 1.82) is 0 Å². The first-order valence-electron chi connectivity index (χ1n) is 14.3. The van der Waals surface area contributed by atoms with Gasteiger partial charge in [-0.2, -0.15) is 0 Å². The van der Waals surface area contributed by atoms with Crippen molar-refractivity contribution in [3.63, 3.8) is 0 Å². The average molecular weight is 854 g/mol. The molecule has 0 aliphatic heterocycles. The predicted octanol–water partition coefficient (Wildman–Crippen LogP) is 8.75. The SMILES string of the molecule is FC(F)(F)c1ccc([TeH](c2ccc(C(F)(F)F)cc2)(c2ccc(C(F)(F)F)cc2)(c2ccc(C(F)(F)F)cc2)c2ccc(C(F)(F)F)cc2)cc1. The van der Waals surface area contributed by atoms with E-state index in [2.05, 4.69) is 0 Å². The first kappa shape index (κ1) is 38.1. The first-order chi connectivity index (χ1) is 23.4. The Morgan fingerprint density at radius 2 is 0.333 bits per heavy atom. The standard InChI is InChI=1S/C35H21F15Te/c36-31(37,38)21-1-11-26(12-2-21)51(27-13-3-22(4-14-27)32(39,40)41,28-15-5-23(6-16-28)33(42,43)44,29-17-7-24(8-18-29)34(45,46)47)30-19-9-25(10-20-30)35(48,49)50/h1-20,51H. The van der Waals surface area contributed by atoms with Crippen LogP contribution in [0.4, 0.5) is 65.9 Å². The van der Waals surface area contributed by atoms with E-state index in [-0.39, 0.29) is 18.1 Å². The van der Waals surface area contributed by atoms with Crippen molar-refractivity contribution < 1.29 is 65.9 Å². The van der Waals surface area contributed by atoms with Gasteiger partial charge in [-0.3, -0.25) is 0 Å². The summed E-state index contributed by atoms with van der Waals surface area (Å²) in [6, 6.07) is 14.7. The molecule has 5 aromatic rings. The molecule has 0 aliphatic carbocycles. The van der Waals surface area contributed by atoms with Gasteiger partial charge in [0.15, 0.2) is 0 Å². The molecular weight excluding hydrogens is 833 g/mol. The Morgan fingerprint density at radius 1 is 0.216 bits per heavy atom. The topological polar surface area (TPSA) is 0 Å². The van der Waals surface area contributed by atoms with Crippen LogP contribution >= 0.6 is 0 Å². The monoisotopic (exact) mass is 856 g/mol. The second kappa shape index (κ2) is 12.5. The molecule has 0 nitrogen and oxygen atoms in total. The molecule has 0 aliphatic rings. The summed E-state index contributed by atoms with van der Waals surface area (Å²) in [6.07, 6.45) is -24.8. The second-order valence-corrected chi connectivity index (χ2v) is 25.1. The number of halogens is 15. The van der Waals surface area contributed by atoms with Gasteiger partial charge < -0.3 is 0 Å². The van der Waals surface area contributed by atoms with E-state index in [0.29, 0.717) is 60.7 Å². The van der Waals surface area contributed by atoms with Gasteiger partial charge in [-0.1, -0.05) is 0 Å². The van der Waals surface area contributed by atoms with Gasteiger partial charge >= 0.3 is 281 Å². The van der Waals surface area contributed by atoms with Gasteiger partial charge in [-0.05, 0) is 0 Å². The molecule has 272 valence electrons. The molecule has 51 heavy (non-hydrogen) atoms. The van der Waals surface area contributed by atoms with Crippen LogP contribution in [0.15, 0.2) is 121 Å². The summed E-state index contributed by atoms with van der Waals surface area (Å²) in [7, 11) is 0. The number of benzene rings is 5. The summed E-state index contributed by atoms with van der Waals surface area (Å²) in [4.78, 5) is 0. The van der Waals surface area contributed by atoms with Crippen molar-refractivity contribution in [2.24, 2.45) is 0 Å². The van der Waals surface area contributed by atoms with E-state index < -0.39 is 75.5 Å². The predicted molar refractivity (Wildman–Crippen MR) is 163 cm³/mol. The van der Waals surface area contributed by atoms with Crippen molar-refractivity contribution in [2.45, 2.75) is 30.9 Å². The molecule has 0 fully saturated rings. The average Bonchev–Trinajstić information content (AvgIpc) is 3.05. The summed E-state index contributed by atoms with van der Waals surface area (Å²) in [5, 5.41) is 0. The molecule has 5 aromatic carbocycles. The second-order valence-electron chi connectivity index (χ2n) is 11.3. The Morgan fingerprint density at radius 3 is 0.431 bits per heavy atom. The molecule has 0 radical (unpaired) electrons. The Bertz CT molecular complexity index is 1630. The van der Waals surface area contributed by atoms with Gasteiger partial charge in [0.05, 0.1) is 0 Å². The molecule has 0 heterocycles. The van der Waals surface area contributed by atoms with Gasteiger partial charge in [0.2, 0.25) is 0 Å². The summed E-state index contributed by atoms with van der Waals surface area (Å²) >= 11 is -6.84. The fraction of sp³-hybridized carbons (Fsp3) is 0.143. The first-order valence-corrected chi connectivity index (χ1v) is 20.7. The summed E-state index contributed by atoms with van der Waals surface area (Å²) in [5.74, 6) is 0. The molecule has 0 bridgehead atoms. The fourth-order valence-corrected chi connectivity index (χ4v) is 25.4. The molecular formula is C35H21F15Te. The Balaban J connectivity index is 2.10. The minimum atomic E-state index is -6.84. The van der Waals surface area contributed by atoms with Crippen molar-refractivity contribution in [3.05, 3.63) is 149 Å². The quantitative estimate of drug-likeness (QED) is 0.123. The molecule has 0 saturated carbocycles. The van der Waals surface area contributed by atoms with Gasteiger partial charge in [0, 0.05) is 0 Å². The van der Waals surface area contributed by atoms with Crippen LogP contribution in [0.5, 0.6) is 0 Å². The summed E-state index contributed by atoms with van der Waals surface area (Å²) < 4.78 is 206. The molecule has 0 N–H and O–H groups in total. The van der Waals surface area contributed by atoms with Gasteiger partial charge in [0.25, 0.3) is 0 Å². The van der Waals surface area contributed by atoms with Gasteiger partial charge in [-0.15, -0.1) is 0 Å². The Hall–Kier alpha value is -4.16. The van der Waals surface area contributed by atoms with Crippen LogP contribution < -0.4 is 18.1 Å².